The van der Waals surface area contributed by atoms with Gasteiger partial charge in [-0.25, -0.2) is 9.59 Å². The number of hydrogen-bond acceptors (Lipinski definition) is 10. The summed E-state index contributed by atoms with van der Waals surface area (Å²) in [5.41, 5.74) is 6.28. The van der Waals surface area contributed by atoms with Crippen LogP contribution in [-0.2, 0) is 44.7 Å². The van der Waals surface area contributed by atoms with Crippen LogP contribution in [0.15, 0.2) is 23.3 Å². The molecule has 6 rings (SSSR count). The molecular formula is C34H34N4O6. The van der Waals surface area contributed by atoms with Crippen molar-refractivity contribution >= 4 is 35.5 Å². The van der Waals surface area contributed by atoms with Gasteiger partial charge in [-0.1, -0.05) is 0 Å². The monoisotopic (exact) mass is 594 g/mol. The first kappa shape index (κ1) is 29.1. The maximum atomic E-state index is 12.7. The second-order valence-corrected chi connectivity index (χ2v) is 11.6. The van der Waals surface area contributed by atoms with Gasteiger partial charge in [-0.3, -0.25) is 0 Å². The lowest BCUT2D eigenvalue weighted by Gasteiger charge is -2.37. The maximum absolute atomic E-state index is 12.7. The Balaban J connectivity index is 1.10. The zero-order valence-corrected chi connectivity index (χ0v) is 24.5. The molecule has 0 saturated carbocycles. The van der Waals surface area contributed by atoms with Gasteiger partial charge in [0, 0.05) is 59.8 Å². The second-order valence-electron chi connectivity index (χ2n) is 11.6. The van der Waals surface area contributed by atoms with E-state index in [1.54, 1.807) is 0 Å². The molecule has 0 spiro atoms. The van der Waals surface area contributed by atoms with Crippen LogP contribution in [0.4, 0.5) is 11.4 Å². The van der Waals surface area contributed by atoms with Gasteiger partial charge in [-0.2, -0.15) is 10.5 Å². The molecule has 0 saturated heterocycles. The highest BCUT2D eigenvalue weighted by molar-refractivity contribution is 5.99. The number of esters is 2. The summed E-state index contributed by atoms with van der Waals surface area (Å²) in [4.78, 5) is 29.9. The van der Waals surface area contributed by atoms with Gasteiger partial charge in [0.05, 0.1) is 0 Å². The van der Waals surface area contributed by atoms with E-state index in [-0.39, 0.29) is 35.9 Å². The third-order valence-electron chi connectivity index (χ3n) is 8.88. The average Bonchev–Trinajstić information content (AvgIpc) is 3.04. The summed E-state index contributed by atoms with van der Waals surface area (Å²) in [6.45, 7) is 3.16. The molecule has 226 valence electrons. The highest BCUT2D eigenvalue weighted by Gasteiger charge is 2.29. The van der Waals surface area contributed by atoms with E-state index in [9.17, 15) is 30.3 Å². The van der Waals surface area contributed by atoms with Crippen molar-refractivity contribution in [3.63, 3.8) is 0 Å². The molecule has 0 unspecified atom stereocenters. The lowest BCUT2D eigenvalue weighted by atomic mass is 9.88. The van der Waals surface area contributed by atoms with E-state index in [4.69, 9.17) is 9.47 Å². The number of nitriles is 2. The molecule has 4 aliphatic heterocycles. The van der Waals surface area contributed by atoms with Crippen molar-refractivity contribution in [2.45, 2.75) is 51.4 Å². The summed E-state index contributed by atoms with van der Waals surface area (Å²) < 4.78 is 10.3. The molecule has 44 heavy (non-hydrogen) atoms. The lowest BCUT2D eigenvalue weighted by Crippen LogP contribution is -2.34. The van der Waals surface area contributed by atoms with E-state index in [2.05, 4.69) is 9.80 Å². The van der Waals surface area contributed by atoms with Gasteiger partial charge in [0.1, 0.15) is 48.0 Å². The summed E-state index contributed by atoms with van der Waals surface area (Å²) in [6.07, 6.45) is 9.72. The van der Waals surface area contributed by atoms with Crippen molar-refractivity contribution in [3.8, 4) is 23.6 Å². The van der Waals surface area contributed by atoms with Crippen molar-refractivity contribution in [2.24, 2.45) is 0 Å². The van der Waals surface area contributed by atoms with Crippen LogP contribution in [0.5, 0.6) is 11.5 Å². The van der Waals surface area contributed by atoms with E-state index < -0.39 is 11.9 Å². The number of ether oxygens (including phenoxy) is 2. The third-order valence-corrected chi connectivity index (χ3v) is 8.88. The Hall–Kier alpha value is -4.96. The van der Waals surface area contributed by atoms with Crippen LogP contribution in [0.25, 0.3) is 12.2 Å². The van der Waals surface area contributed by atoms with Crippen LogP contribution in [-0.4, -0.2) is 61.5 Å². The number of carbonyl (C=O) groups is 2. The fourth-order valence-corrected chi connectivity index (χ4v) is 6.97. The van der Waals surface area contributed by atoms with Crippen molar-refractivity contribution in [1.29, 1.82) is 10.5 Å². The van der Waals surface area contributed by atoms with Crippen molar-refractivity contribution in [2.75, 3.05) is 49.2 Å². The van der Waals surface area contributed by atoms with Gasteiger partial charge in [0.25, 0.3) is 0 Å². The summed E-state index contributed by atoms with van der Waals surface area (Å²) in [5.74, 6) is -1.66. The van der Waals surface area contributed by atoms with Gasteiger partial charge < -0.3 is 29.5 Å². The first-order valence-corrected chi connectivity index (χ1v) is 15.2. The predicted molar refractivity (Wildman–Crippen MR) is 163 cm³/mol. The molecule has 0 amide bonds. The Morgan fingerprint density at radius 2 is 1.09 bits per heavy atom. The fourth-order valence-electron chi connectivity index (χ4n) is 6.97. The number of rotatable bonds is 7. The smallest absolute Gasteiger partial charge is 0.349 e. The molecule has 2 aromatic rings. The molecule has 10 heteroatoms. The maximum Gasteiger partial charge on any atom is 0.349 e. The highest BCUT2D eigenvalue weighted by atomic mass is 16.6. The van der Waals surface area contributed by atoms with E-state index in [1.165, 1.54) is 12.2 Å². The fraction of sp³-hybridized carbons (Fsp3) is 0.412. The summed E-state index contributed by atoms with van der Waals surface area (Å²) in [6, 6.07) is 7.35. The number of aromatic hydroxyl groups is 2. The number of aryl methyl sites for hydroxylation is 2. The molecule has 4 aliphatic rings. The minimum absolute atomic E-state index is 0.0761. The minimum atomic E-state index is -0.908. The number of nitrogens with zero attached hydrogens (tertiary/aromatic N) is 4. The number of phenols is 2. The topological polar surface area (TPSA) is 147 Å². The Labute approximate surface area is 256 Å². The molecular weight excluding hydrogens is 560 g/mol. The van der Waals surface area contributed by atoms with Crippen molar-refractivity contribution in [1.82, 2.24) is 0 Å². The summed E-state index contributed by atoms with van der Waals surface area (Å²) in [7, 11) is 0. The van der Waals surface area contributed by atoms with E-state index >= 15 is 0 Å². The third kappa shape index (κ3) is 5.44. The first-order chi connectivity index (χ1) is 21.4. The van der Waals surface area contributed by atoms with Gasteiger partial charge in [0.15, 0.2) is 0 Å². The van der Waals surface area contributed by atoms with E-state index in [0.29, 0.717) is 11.1 Å². The zero-order valence-electron chi connectivity index (χ0n) is 24.5. The van der Waals surface area contributed by atoms with Crippen LogP contribution in [0, 0.1) is 22.7 Å². The van der Waals surface area contributed by atoms with Crippen molar-refractivity contribution < 1.29 is 29.3 Å². The van der Waals surface area contributed by atoms with Crippen LogP contribution in [0.3, 0.4) is 0 Å². The van der Waals surface area contributed by atoms with Crippen LogP contribution in [0.2, 0.25) is 0 Å². The average molecular weight is 595 g/mol. The molecule has 0 bridgehead atoms. The van der Waals surface area contributed by atoms with Crippen LogP contribution >= 0.6 is 0 Å². The molecule has 0 atom stereocenters. The highest BCUT2D eigenvalue weighted by Crippen LogP contribution is 2.44. The van der Waals surface area contributed by atoms with E-state index in [0.717, 1.165) is 111 Å². The number of hydrogen-bond donors (Lipinski definition) is 2. The van der Waals surface area contributed by atoms with Gasteiger partial charge in [0.2, 0.25) is 0 Å². The van der Waals surface area contributed by atoms with Gasteiger partial charge in [-0.15, -0.1) is 0 Å². The lowest BCUT2D eigenvalue weighted by molar-refractivity contribution is -0.146. The van der Waals surface area contributed by atoms with Gasteiger partial charge >= 0.3 is 11.9 Å². The Morgan fingerprint density at radius 3 is 1.48 bits per heavy atom. The zero-order chi connectivity index (χ0) is 30.8. The van der Waals surface area contributed by atoms with Crippen LogP contribution < -0.4 is 9.80 Å². The molecule has 4 heterocycles. The summed E-state index contributed by atoms with van der Waals surface area (Å²) in [5, 5.41) is 41.2. The molecule has 0 aromatic heterocycles. The van der Waals surface area contributed by atoms with Gasteiger partial charge in [-0.05, 0) is 86.8 Å². The standard InChI is InChI=1S/C34H34N4O6/c35-19-25(17-23-15-21-5-1-9-37-11-3-7-27(29(21)37)31(23)39)33(41)43-13-14-44-34(42)26(20-36)18-24-16-22-6-2-10-38-12-4-8-28(30(22)38)32(24)40/h15-18,39-40H,1-14H2/b25-17+,26-18+. The summed E-state index contributed by atoms with van der Waals surface area (Å²) >= 11 is 0. The number of benzene rings is 2. The molecule has 2 aromatic carbocycles. The molecule has 0 aliphatic carbocycles. The normalized spacial score (nSPS) is 17.1. The SMILES string of the molecule is N#C/C(=C\c1cc2c3c(c1O)CCCN3CCC2)C(=O)OCCOC(=O)/C(C#N)=C/c1cc2c3c(c1O)CCCN3CCC2. The molecule has 2 N–H and O–H groups in total. The number of phenolic OH excluding ortho intramolecular Hbond substituents is 2. The Kier molecular flexibility index (Phi) is 8.17. The quantitative estimate of drug-likeness (QED) is 0.208. The molecule has 0 fully saturated rings. The van der Waals surface area contributed by atoms with E-state index in [1.807, 2.05) is 24.3 Å². The predicted octanol–water partition coefficient (Wildman–Crippen LogP) is 4.10. The van der Waals surface area contributed by atoms with Crippen LogP contribution in [0.1, 0.15) is 59.1 Å². The minimum Gasteiger partial charge on any atom is -0.507 e. The van der Waals surface area contributed by atoms with Crippen molar-refractivity contribution in [3.05, 3.63) is 56.7 Å². The number of anilines is 2. The Morgan fingerprint density at radius 1 is 0.705 bits per heavy atom. The number of carbonyl (C=O) groups excluding carboxylic acids is 2. The molecule has 0 radical (unpaired) electrons. The second kappa shape index (κ2) is 12.3. The molecule has 10 nitrogen and oxygen atoms in total. The Bertz CT molecular complexity index is 1550. The first-order valence-electron chi connectivity index (χ1n) is 15.2. The largest absolute Gasteiger partial charge is 0.507 e.